The third-order valence-electron chi connectivity index (χ3n) is 2.52. The van der Waals surface area contributed by atoms with Crippen molar-refractivity contribution in [2.75, 3.05) is 26.4 Å². The van der Waals surface area contributed by atoms with E-state index >= 15 is 0 Å². The molecule has 0 aromatic carbocycles. The number of amidine groups is 1. The molecule has 14 heavy (non-hydrogen) atoms. The molecule has 0 aliphatic carbocycles. The van der Waals surface area contributed by atoms with E-state index in [9.17, 15) is 0 Å². The summed E-state index contributed by atoms with van der Waals surface area (Å²) < 4.78 is 5.22. The number of ether oxygens (including phenoxy) is 1. The summed E-state index contributed by atoms with van der Waals surface area (Å²) in [4.78, 5) is 1.97. The van der Waals surface area contributed by atoms with Gasteiger partial charge < -0.3 is 20.8 Å². The van der Waals surface area contributed by atoms with Crippen LogP contribution in [-0.2, 0) is 4.74 Å². The maximum Gasteiger partial charge on any atom is 0.156 e. The topological polar surface area (TPSA) is 91.3 Å². The standard InChI is InChI=1S/C8H17N3O3/c1-6(8(9)10-13)11-2-3-14-5-7(11)4-12/h6-7,12-13H,2-5H2,1H3,(H2,9,10). The first-order valence-corrected chi connectivity index (χ1v) is 4.62. The normalized spacial score (nSPS) is 27.6. The Balaban J connectivity index is 2.63. The molecule has 1 saturated heterocycles. The van der Waals surface area contributed by atoms with Gasteiger partial charge in [-0.25, -0.2) is 0 Å². The molecule has 0 aromatic rings. The molecule has 1 heterocycles. The maximum atomic E-state index is 9.10. The summed E-state index contributed by atoms with van der Waals surface area (Å²) in [5.41, 5.74) is 5.50. The van der Waals surface area contributed by atoms with Gasteiger partial charge >= 0.3 is 0 Å². The van der Waals surface area contributed by atoms with E-state index in [0.29, 0.717) is 19.8 Å². The van der Waals surface area contributed by atoms with Crippen molar-refractivity contribution in [3.05, 3.63) is 0 Å². The van der Waals surface area contributed by atoms with Gasteiger partial charge in [-0.3, -0.25) is 4.90 Å². The van der Waals surface area contributed by atoms with Crippen LogP contribution in [0.1, 0.15) is 6.92 Å². The van der Waals surface area contributed by atoms with Crippen molar-refractivity contribution in [2.45, 2.75) is 19.0 Å². The van der Waals surface area contributed by atoms with Crippen LogP contribution < -0.4 is 5.73 Å². The molecular formula is C8H17N3O3. The second kappa shape index (κ2) is 5.14. The van der Waals surface area contributed by atoms with Crippen LogP contribution in [0.5, 0.6) is 0 Å². The smallest absolute Gasteiger partial charge is 0.156 e. The summed E-state index contributed by atoms with van der Waals surface area (Å²) in [6.45, 7) is 3.63. The zero-order valence-electron chi connectivity index (χ0n) is 8.26. The van der Waals surface area contributed by atoms with Gasteiger partial charge in [0.25, 0.3) is 0 Å². The Bertz CT molecular complexity index is 210. The highest BCUT2D eigenvalue weighted by Crippen LogP contribution is 2.10. The van der Waals surface area contributed by atoms with E-state index in [4.69, 9.17) is 20.8 Å². The largest absolute Gasteiger partial charge is 0.409 e. The number of hydrogen-bond donors (Lipinski definition) is 3. The van der Waals surface area contributed by atoms with Crippen LogP contribution >= 0.6 is 0 Å². The lowest BCUT2D eigenvalue weighted by atomic mass is 10.1. The maximum absolute atomic E-state index is 9.10. The van der Waals surface area contributed by atoms with Crippen LogP contribution in [0.3, 0.4) is 0 Å². The predicted octanol–water partition coefficient (Wildman–Crippen LogP) is -1.19. The number of nitrogens with zero attached hydrogens (tertiary/aromatic N) is 2. The van der Waals surface area contributed by atoms with E-state index in [1.54, 1.807) is 0 Å². The van der Waals surface area contributed by atoms with Crippen molar-refractivity contribution in [3.8, 4) is 0 Å². The van der Waals surface area contributed by atoms with Crippen LogP contribution in [0.15, 0.2) is 5.16 Å². The molecule has 82 valence electrons. The first-order chi connectivity index (χ1) is 6.70. The molecule has 2 unspecified atom stereocenters. The number of oxime groups is 1. The van der Waals surface area contributed by atoms with Gasteiger partial charge in [0, 0.05) is 6.54 Å². The van der Waals surface area contributed by atoms with Crippen LogP contribution in [0.25, 0.3) is 0 Å². The predicted molar refractivity (Wildman–Crippen MR) is 51.3 cm³/mol. The lowest BCUT2D eigenvalue weighted by Gasteiger charge is -2.37. The fourth-order valence-electron chi connectivity index (χ4n) is 1.59. The number of rotatable bonds is 3. The summed E-state index contributed by atoms with van der Waals surface area (Å²) in [5.74, 6) is 0.158. The Hall–Kier alpha value is -0.850. The molecule has 1 aliphatic rings. The van der Waals surface area contributed by atoms with E-state index in [-0.39, 0.29) is 24.5 Å². The molecule has 0 saturated carbocycles. The molecule has 6 heteroatoms. The van der Waals surface area contributed by atoms with Gasteiger partial charge in [0.05, 0.1) is 31.9 Å². The van der Waals surface area contributed by atoms with Crippen molar-refractivity contribution in [2.24, 2.45) is 10.9 Å². The fourth-order valence-corrected chi connectivity index (χ4v) is 1.59. The molecule has 2 atom stereocenters. The molecule has 0 aromatic heterocycles. The lowest BCUT2D eigenvalue weighted by molar-refractivity contribution is -0.0339. The van der Waals surface area contributed by atoms with E-state index in [1.807, 2.05) is 11.8 Å². The van der Waals surface area contributed by atoms with Crippen molar-refractivity contribution >= 4 is 5.84 Å². The quantitative estimate of drug-likeness (QED) is 0.232. The number of hydrogen-bond acceptors (Lipinski definition) is 5. The van der Waals surface area contributed by atoms with Gasteiger partial charge in [0.15, 0.2) is 5.84 Å². The molecule has 0 radical (unpaired) electrons. The number of nitrogens with two attached hydrogens (primary N) is 1. The number of aliphatic hydroxyl groups excluding tert-OH is 1. The van der Waals surface area contributed by atoms with E-state index in [0.717, 1.165) is 0 Å². The Kier molecular flexibility index (Phi) is 4.12. The van der Waals surface area contributed by atoms with Gasteiger partial charge in [-0.1, -0.05) is 5.16 Å². The minimum absolute atomic E-state index is 0.0169. The second-order valence-corrected chi connectivity index (χ2v) is 3.35. The average molecular weight is 203 g/mol. The molecule has 0 spiro atoms. The fraction of sp³-hybridized carbons (Fsp3) is 0.875. The molecule has 0 amide bonds. The second-order valence-electron chi connectivity index (χ2n) is 3.35. The molecule has 1 aliphatic heterocycles. The zero-order chi connectivity index (χ0) is 10.6. The minimum atomic E-state index is -0.180. The van der Waals surface area contributed by atoms with E-state index in [1.165, 1.54) is 0 Å². The van der Waals surface area contributed by atoms with Gasteiger partial charge in [-0.2, -0.15) is 0 Å². The highest BCUT2D eigenvalue weighted by Gasteiger charge is 2.28. The minimum Gasteiger partial charge on any atom is -0.409 e. The summed E-state index contributed by atoms with van der Waals surface area (Å²) in [6, 6.07) is -0.250. The van der Waals surface area contributed by atoms with Gasteiger partial charge in [-0.15, -0.1) is 0 Å². The molecule has 0 bridgehead atoms. The molecular weight excluding hydrogens is 186 g/mol. The third kappa shape index (κ3) is 2.34. The molecule has 1 rings (SSSR count). The van der Waals surface area contributed by atoms with Gasteiger partial charge in [0.2, 0.25) is 0 Å². The van der Waals surface area contributed by atoms with Crippen LogP contribution in [0.2, 0.25) is 0 Å². The number of aliphatic hydroxyl groups is 1. The SMILES string of the molecule is CC(C(N)=NO)N1CCOCC1CO. The van der Waals surface area contributed by atoms with Crippen LogP contribution in [-0.4, -0.2) is 59.5 Å². The van der Waals surface area contributed by atoms with Gasteiger partial charge in [-0.05, 0) is 6.92 Å². The summed E-state index contributed by atoms with van der Waals surface area (Å²) in [5, 5.41) is 20.6. The Morgan fingerprint density at radius 2 is 2.50 bits per heavy atom. The molecule has 4 N–H and O–H groups in total. The first kappa shape index (κ1) is 11.2. The van der Waals surface area contributed by atoms with Crippen LogP contribution in [0, 0.1) is 0 Å². The van der Waals surface area contributed by atoms with Gasteiger partial charge in [0.1, 0.15) is 0 Å². The van der Waals surface area contributed by atoms with Crippen LogP contribution in [0.4, 0.5) is 0 Å². The highest BCUT2D eigenvalue weighted by molar-refractivity contribution is 5.84. The highest BCUT2D eigenvalue weighted by atomic mass is 16.5. The van der Waals surface area contributed by atoms with Crippen molar-refractivity contribution in [3.63, 3.8) is 0 Å². The Labute approximate surface area is 82.9 Å². The Morgan fingerprint density at radius 1 is 1.79 bits per heavy atom. The zero-order valence-corrected chi connectivity index (χ0v) is 8.26. The number of morpholine rings is 1. The third-order valence-corrected chi connectivity index (χ3v) is 2.52. The lowest BCUT2D eigenvalue weighted by Crippen LogP contribution is -2.55. The molecule has 1 fully saturated rings. The summed E-state index contributed by atoms with van der Waals surface area (Å²) in [6.07, 6.45) is 0. The van der Waals surface area contributed by atoms with E-state index in [2.05, 4.69) is 5.16 Å². The van der Waals surface area contributed by atoms with Crippen molar-refractivity contribution < 1.29 is 15.1 Å². The van der Waals surface area contributed by atoms with Crippen molar-refractivity contribution in [1.29, 1.82) is 0 Å². The van der Waals surface area contributed by atoms with E-state index < -0.39 is 0 Å². The average Bonchev–Trinajstić information content (AvgIpc) is 2.26. The monoisotopic (exact) mass is 203 g/mol. The summed E-state index contributed by atoms with van der Waals surface area (Å²) in [7, 11) is 0. The molecule has 6 nitrogen and oxygen atoms in total. The Morgan fingerprint density at radius 3 is 3.07 bits per heavy atom. The first-order valence-electron chi connectivity index (χ1n) is 4.62. The van der Waals surface area contributed by atoms with Crippen molar-refractivity contribution in [1.82, 2.24) is 4.90 Å². The summed E-state index contributed by atoms with van der Waals surface area (Å²) >= 11 is 0.